The zero-order valence-electron chi connectivity index (χ0n) is 13.0. The fraction of sp³-hybridized carbons (Fsp3) is 0.389. The van der Waals surface area contributed by atoms with Crippen LogP contribution in [0.15, 0.2) is 41.8 Å². The Balaban J connectivity index is 1.61. The number of carbonyl (C=O) groups excluding carboxylic acids is 1. The van der Waals surface area contributed by atoms with Gasteiger partial charge in [0.1, 0.15) is 0 Å². The number of likely N-dealkylation sites (tertiary alicyclic amines) is 1. The number of amides is 1. The monoisotopic (exact) mass is 348 g/mol. The number of nitrogens with zero attached hydrogens (tertiary/aromatic N) is 1. The van der Waals surface area contributed by atoms with Gasteiger partial charge in [-0.3, -0.25) is 4.79 Å². The Morgan fingerprint density at radius 3 is 2.74 bits per heavy atom. The highest BCUT2D eigenvalue weighted by atomic mass is 35.5. The Morgan fingerprint density at radius 2 is 2.09 bits per heavy atom. The second-order valence-electron chi connectivity index (χ2n) is 6.04. The van der Waals surface area contributed by atoms with Gasteiger partial charge in [0.15, 0.2) is 0 Å². The van der Waals surface area contributed by atoms with Crippen LogP contribution >= 0.6 is 22.9 Å². The molecule has 1 aromatic carbocycles. The van der Waals surface area contributed by atoms with Crippen LogP contribution in [-0.4, -0.2) is 30.4 Å². The number of nitrogens with two attached hydrogens (primary N) is 1. The van der Waals surface area contributed by atoms with Crippen LogP contribution in [0.25, 0.3) is 0 Å². The molecule has 2 aromatic rings. The van der Waals surface area contributed by atoms with Gasteiger partial charge in [-0.2, -0.15) is 0 Å². The SMILES string of the molecule is NC[C@@H]1CN(C(=O)CCc2cc(Cl)cs2)C[C@H]1c1ccccc1. The van der Waals surface area contributed by atoms with Gasteiger partial charge < -0.3 is 10.6 Å². The molecule has 3 nitrogen and oxygen atoms in total. The van der Waals surface area contributed by atoms with E-state index in [1.807, 2.05) is 34.5 Å². The van der Waals surface area contributed by atoms with Gasteiger partial charge >= 0.3 is 0 Å². The molecule has 0 saturated carbocycles. The Hall–Kier alpha value is -1.36. The lowest BCUT2D eigenvalue weighted by molar-refractivity contribution is -0.130. The summed E-state index contributed by atoms with van der Waals surface area (Å²) in [6.07, 6.45) is 1.30. The minimum Gasteiger partial charge on any atom is -0.342 e. The number of thiophene rings is 1. The first kappa shape index (κ1) is 16.5. The summed E-state index contributed by atoms with van der Waals surface area (Å²) in [6.45, 7) is 2.15. The first-order chi connectivity index (χ1) is 11.2. The number of rotatable bonds is 5. The van der Waals surface area contributed by atoms with E-state index >= 15 is 0 Å². The number of halogens is 1. The average molecular weight is 349 g/mol. The topological polar surface area (TPSA) is 46.3 Å². The van der Waals surface area contributed by atoms with E-state index in [4.69, 9.17) is 17.3 Å². The smallest absolute Gasteiger partial charge is 0.222 e. The van der Waals surface area contributed by atoms with Crippen molar-refractivity contribution in [1.29, 1.82) is 0 Å². The molecule has 2 N–H and O–H groups in total. The van der Waals surface area contributed by atoms with Crippen molar-refractivity contribution < 1.29 is 4.79 Å². The van der Waals surface area contributed by atoms with Crippen molar-refractivity contribution in [3.63, 3.8) is 0 Å². The minimum absolute atomic E-state index is 0.214. The molecule has 1 amide bonds. The molecule has 0 radical (unpaired) electrons. The summed E-state index contributed by atoms with van der Waals surface area (Å²) in [4.78, 5) is 15.7. The molecule has 5 heteroatoms. The zero-order valence-corrected chi connectivity index (χ0v) is 14.5. The van der Waals surface area contributed by atoms with Gasteiger partial charge in [0, 0.05) is 35.7 Å². The third kappa shape index (κ3) is 3.94. The average Bonchev–Trinajstić information content (AvgIpc) is 3.19. The van der Waals surface area contributed by atoms with Crippen LogP contribution in [-0.2, 0) is 11.2 Å². The van der Waals surface area contributed by atoms with E-state index in [9.17, 15) is 4.79 Å². The van der Waals surface area contributed by atoms with Gasteiger partial charge in [-0.15, -0.1) is 11.3 Å². The standard InChI is InChI=1S/C18H21ClN2OS/c19-15-8-16(23-12-15)6-7-18(22)21-10-14(9-20)17(11-21)13-4-2-1-3-5-13/h1-5,8,12,14,17H,6-7,9-11,20H2/t14-,17+/m1/s1. The third-order valence-electron chi connectivity index (χ3n) is 4.53. The fourth-order valence-corrected chi connectivity index (χ4v) is 4.34. The van der Waals surface area contributed by atoms with Crippen LogP contribution in [0.3, 0.4) is 0 Å². The molecule has 1 saturated heterocycles. The van der Waals surface area contributed by atoms with E-state index in [1.54, 1.807) is 11.3 Å². The first-order valence-electron chi connectivity index (χ1n) is 7.93. The highest BCUT2D eigenvalue weighted by molar-refractivity contribution is 7.10. The van der Waals surface area contributed by atoms with Crippen molar-refractivity contribution in [3.8, 4) is 0 Å². The predicted octanol–water partition coefficient (Wildman–Crippen LogP) is 3.54. The molecule has 0 aliphatic carbocycles. The van der Waals surface area contributed by atoms with Gasteiger partial charge in [-0.1, -0.05) is 41.9 Å². The summed E-state index contributed by atoms with van der Waals surface area (Å²) in [6, 6.07) is 12.3. The molecule has 0 bridgehead atoms. The second kappa shape index (κ2) is 7.47. The van der Waals surface area contributed by atoms with Crippen LogP contribution in [0.2, 0.25) is 5.02 Å². The highest BCUT2D eigenvalue weighted by Gasteiger charge is 2.34. The summed E-state index contributed by atoms with van der Waals surface area (Å²) in [5.41, 5.74) is 7.22. The molecule has 0 spiro atoms. The molecule has 1 aliphatic heterocycles. The van der Waals surface area contributed by atoms with Crippen molar-refractivity contribution in [1.82, 2.24) is 4.90 Å². The number of hydrogen-bond acceptors (Lipinski definition) is 3. The van der Waals surface area contributed by atoms with Crippen molar-refractivity contribution in [2.45, 2.75) is 18.8 Å². The van der Waals surface area contributed by atoms with E-state index in [-0.39, 0.29) is 5.91 Å². The van der Waals surface area contributed by atoms with Crippen molar-refractivity contribution >= 4 is 28.8 Å². The van der Waals surface area contributed by atoms with Crippen LogP contribution in [0, 0.1) is 5.92 Å². The maximum Gasteiger partial charge on any atom is 0.222 e. The molecule has 3 rings (SSSR count). The van der Waals surface area contributed by atoms with E-state index in [0.717, 1.165) is 29.4 Å². The maximum atomic E-state index is 12.5. The second-order valence-corrected chi connectivity index (χ2v) is 7.48. The number of aryl methyl sites for hydroxylation is 1. The van der Waals surface area contributed by atoms with Crippen molar-refractivity contribution in [2.75, 3.05) is 19.6 Å². The van der Waals surface area contributed by atoms with Crippen LogP contribution in [0.1, 0.15) is 22.8 Å². The lowest BCUT2D eigenvalue weighted by Gasteiger charge is -2.16. The maximum absolute atomic E-state index is 12.5. The normalized spacial score (nSPS) is 20.9. The van der Waals surface area contributed by atoms with Gasteiger partial charge in [0.2, 0.25) is 5.91 Å². The largest absolute Gasteiger partial charge is 0.342 e. The van der Waals surface area contributed by atoms with Gasteiger partial charge in [-0.25, -0.2) is 0 Å². The first-order valence-corrected chi connectivity index (χ1v) is 9.19. The van der Waals surface area contributed by atoms with E-state index in [0.29, 0.717) is 24.8 Å². The summed E-state index contributed by atoms with van der Waals surface area (Å²) >= 11 is 7.54. The van der Waals surface area contributed by atoms with E-state index < -0.39 is 0 Å². The number of benzene rings is 1. The molecule has 1 aromatic heterocycles. The van der Waals surface area contributed by atoms with Gasteiger partial charge in [0.25, 0.3) is 0 Å². The molecule has 122 valence electrons. The van der Waals surface area contributed by atoms with Crippen LogP contribution < -0.4 is 5.73 Å². The lowest BCUT2D eigenvalue weighted by Crippen LogP contribution is -2.29. The van der Waals surface area contributed by atoms with Gasteiger partial charge in [-0.05, 0) is 30.5 Å². The Kier molecular flexibility index (Phi) is 5.36. The zero-order chi connectivity index (χ0) is 16.2. The Bertz CT molecular complexity index is 658. The number of hydrogen-bond donors (Lipinski definition) is 1. The van der Waals surface area contributed by atoms with Crippen molar-refractivity contribution in [3.05, 3.63) is 57.2 Å². The molecule has 2 atom stereocenters. The Morgan fingerprint density at radius 1 is 1.30 bits per heavy atom. The molecule has 1 fully saturated rings. The van der Waals surface area contributed by atoms with Crippen LogP contribution in [0.5, 0.6) is 0 Å². The molecule has 1 aliphatic rings. The summed E-state index contributed by atoms with van der Waals surface area (Å²) in [5.74, 6) is 0.908. The minimum atomic E-state index is 0.214. The third-order valence-corrected chi connectivity index (χ3v) is 5.88. The van der Waals surface area contributed by atoms with Crippen molar-refractivity contribution in [2.24, 2.45) is 11.7 Å². The Labute approximate surface area is 146 Å². The quantitative estimate of drug-likeness (QED) is 0.898. The predicted molar refractivity (Wildman–Crippen MR) is 96.0 cm³/mol. The number of carbonyl (C=O) groups is 1. The lowest BCUT2D eigenvalue weighted by atomic mass is 9.89. The summed E-state index contributed by atoms with van der Waals surface area (Å²) < 4.78 is 0. The van der Waals surface area contributed by atoms with Gasteiger partial charge in [0.05, 0.1) is 5.02 Å². The molecule has 0 unspecified atom stereocenters. The van der Waals surface area contributed by atoms with E-state index in [2.05, 4.69) is 12.1 Å². The molecule has 2 heterocycles. The van der Waals surface area contributed by atoms with Crippen LogP contribution in [0.4, 0.5) is 0 Å². The molecular weight excluding hydrogens is 328 g/mol. The highest BCUT2D eigenvalue weighted by Crippen LogP contribution is 2.32. The molecule has 23 heavy (non-hydrogen) atoms. The molecular formula is C18H21ClN2OS. The van der Waals surface area contributed by atoms with E-state index in [1.165, 1.54) is 5.56 Å². The summed E-state index contributed by atoms with van der Waals surface area (Å²) in [5, 5.41) is 2.67. The summed E-state index contributed by atoms with van der Waals surface area (Å²) in [7, 11) is 0. The fourth-order valence-electron chi connectivity index (χ4n) is 3.26.